The average molecular weight is 444 g/mol. The lowest BCUT2D eigenvalue weighted by Gasteiger charge is -2.28. The fraction of sp³-hybridized carbons (Fsp3) is 0.720. The molecule has 1 aromatic rings. The van der Waals surface area contributed by atoms with Crippen LogP contribution >= 0.6 is 0 Å². The maximum atomic E-state index is 12.6. The number of fused-ring (bicyclic) bond motifs is 3. The highest BCUT2D eigenvalue weighted by molar-refractivity contribution is 5.85. The molecular weight excluding hydrogens is 406 g/mol. The van der Waals surface area contributed by atoms with Crippen LogP contribution in [0.2, 0.25) is 0 Å². The molecule has 1 aromatic heterocycles. The molecule has 176 valence electrons. The summed E-state index contributed by atoms with van der Waals surface area (Å²) >= 11 is 0. The van der Waals surface area contributed by atoms with E-state index in [2.05, 4.69) is 22.8 Å². The van der Waals surface area contributed by atoms with Gasteiger partial charge in [0.05, 0.1) is 12.2 Å². The molecule has 4 atom stereocenters. The number of unbranched alkanes of at least 4 members (excludes halogenated alkanes) is 4. The van der Waals surface area contributed by atoms with Crippen LogP contribution < -0.4 is 10.6 Å². The Balaban J connectivity index is 1.10. The van der Waals surface area contributed by atoms with Gasteiger partial charge in [-0.15, -0.1) is 0 Å². The van der Waals surface area contributed by atoms with Crippen molar-refractivity contribution >= 4 is 17.7 Å². The van der Waals surface area contributed by atoms with E-state index in [-0.39, 0.29) is 24.0 Å². The Bertz CT molecular complexity index is 787. The third kappa shape index (κ3) is 6.21. The van der Waals surface area contributed by atoms with Crippen molar-refractivity contribution in [1.29, 1.82) is 0 Å². The summed E-state index contributed by atoms with van der Waals surface area (Å²) in [7, 11) is 0. The van der Waals surface area contributed by atoms with E-state index < -0.39 is 12.0 Å². The number of carbonyl (C=O) groups is 2. The smallest absolute Gasteiger partial charge is 0.326 e. The maximum Gasteiger partial charge on any atom is 0.326 e. The topological polar surface area (TPSA) is 101 Å². The fourth-order valence-electron chi connectivity index (χ4n) is 5.31. The van der Waals surface area contributed by atoms with Gasteiger partial charge in [-0.2, -0.15) is 0 Å². The summed E-state index contributed by atoms with van der Waals surface area (Å²) in [6.07, 6.45) is 12.7. The van der Waals surface area contributed by atoms with Crippen molar-refractivity contribution in [2.45, 2.75) is 102 Å². The Hall–Kier alpha value is -2.15. The van der Waals surface area contributed by atoms with Crippen molar-refractivity contribution in [3.05, 3.63) is 23.4 Å². The van der Waals surface area contributed by atoms with Gasteiger partial charge in [0.15, 0.2) is 0 Å². The minimum absolute atomic E-state index is 0.101. The standard InChI is InChI=1S/C25H37N3O4/c29-24(18-15-20-12-13-21(16-18)32-20)28-22(25(30)31)9-5-3-1-2-4-8-19-11-10-17-7-6-14-26-23(17)27-19/h10-11,18,20-22H,1-9,12-16H2,(H,26,27)(H,28,29)(H,30,31)/t18-,20-,21+,22-/m0/s1. The Kier molecular flexibility index (Phi) is 8.00. The second kappa shape index (κ2) is 11.1. The lowest BCUT2D eigenvalue weighted by molar-refractivity contribution is -0.143. The van der Waals surface area contributed by atoms with Crippen LogP contribution in [0, 0.1) is 5.92 Å². The first kappa shape index (κ1) is 23.0. The number of aliphatic carboxylic acids is 1. The van der Waals surface area contributed by atoms with Crippen molar-refractivity contribution in [2.24, 2.45) is 5.92 Å². The highest BCUT2D eigenvalue weighted by atomic mass is 16.5. The molecule has 0 unspecified atom stereocenters. The number of aryl methyl sites for hydroxylation is 2. The average Bonchev–Trinajstić information content (AvgIpc) is 3.14. The molecule has 0 aliphatic carbocycles. The van der Waals surface area contributed by atoms with Crippen LogP contribution in [0.4, 0.5) is 5.82 Å². The van der Waals surface area contributed by atoms with Crippen LogP contribution in [0.5, 0.6) is 0 Å². The molecule has 2 saturated heterocycles. The summed E-state index contributed by atoms with van der Waals surface area (Å²) in [5, 5.41) is 15.7. The van der Waals surface area contributed by atoms with Crippen molar-refractivity contribution < 1.29 is 19.4 Å². The fourth-order valence-corrected chi connectivity index (χ4v) is 5.31. The molecular formula is C25H37N3O4. The van der Waals surface area contributed by atoms with Gasteiger partial charge in [0, 0.05) is 18.2 Å². The van der Waals surface area contributed by atoms with Gasteiger partial charge in [0.1, 0.15) is 11.9 Å². The zero-order valence-electron chi connectivity index (χ0n) is 19.0. The number of pyridine rings is 1. The summed E-state index contributed by atoms with van der Waals surface area (Å²) in [4.78, 5) is 29.0. The third-order valence-electron chi connectivity index (χ3n) is 7.15. The van der Waals surface area contributed by atoms with Gasteiger partial charge in [-0.1, -0.05) is 31.7 Å². The summed E-state index contributed by atoms with van der Waals surface area (Å²) in [6, 6.07) is 3.57. The minimum atomic E-state index is -0.930. The van der Waals surface area contributed by atoms with E-state index >= 15 is 0 Å². The van der Waals surface area contributed by atoms with Crippen molar-refractivity contribution in [1.82, 2.24) is 10.3 Å². The number of carboxylic acid groups (broad SMARTS) is 1. The first-order valence-electron chi connectivity index (χ1n) is 12.5. The summed E-state index contributed by atoms with van der Waals surface area (Å²) in [6.45, 7) is 1.01. The zero-order valence-corrected chi connectivity index (χ0v) is 19.0. The second-order valence-corrected chi connectivity index (χ2v) is 9.67. The Morgan fingerprint density at radius 2 is 1.88 bits per heavy atom. The second-order valence-electron chi connectivity index (χ2n) is 9.67. The normalized spacial score (nSPS) is 24.9. The number of hydrogen-bond acceptors (Lipinski definition) is 5. The number of anilines is 1. The number of nitrogens with one attached hydrogen (secondary N) is 2. The van der Waals surface area contributed by atoms with Crippen molar-refractivity contribution in [2.75, 3.05) is 11.9 Å². The van der Waals surface area contributed by atoms with Crippen LogP contribution in [-0.4, -0.2) is 46.8 Å². The minimum Gasteiger partial charge on any atom is -0.480 e. The molecule has 2 bridgehead atoms. The van der Waals surface area contributed by atoms with Gasteiger partial charge in [-0.05, 0) is 69.4 Å². The van der Waals surface area contributed by atoms with E-state index in [0.717, 1.165) is 88.7 Å². The van der Waals surface area contributed by atoms with E-state index in [1.54, 1.807) is 0 Å². The molecule has 32 heavy (non-hydrogen) atoms. The summed E-state index contributed by atoms with van der Waals surface area (Å²) < 4.78 is 5.79. The van der Waals surface area contributed by atoms with Crippen molar-refractivity contribution in [3.63, 3.8) is 0 Å². The van der Waals surface area contributed by atoms with Gasteiger partial charge >= 0.3 is 5.97 Å². The number of ether oxygens (including phenoxy) is 1. The summed E-state index contributed by atoms with van der Waals surface area (Å²) in [5.74, 6) is -0.0791. The van der Waals surface area contributed by atoms with Gasteiger partial charge in [0.2, 0.25) is 5.91 Å². The maximum absolute atomic E-state index is 12.6. The Labute approximate surface area is 190 Å². The molecule has 3 aliphatic rings. The molecule has 7 heteroatoms. The molecule has 2 fully saturated rings. The first-order valence-corrected chi connectivity index (χ1v) is 12.5. The molecule has 1 amide bonds. The lowest BCUT2D eigenvalue weighted by atomic mass is 9.94. The van der Waals surface area contributed by atoms with E-state index in [1.807, 2.05) is 0 Å². The molecule has 3 N–H and O–H groups in total. The van der Waals surface area contributed by atoms with Crippen molar-refractivity contribution in [3.8, 4) is 0 Å². The van der Waals surface area contributed by atoms with Crippen LogP contribution in [0.1, 0.15) is 81.9 Å². The highest BCUT2D eigenvalue weighted by Crippen LogP contribution is 2.36. The van der Waals surface area contributed by atoms with E-state index in [4.69, 9.17) is 9.72 Å². The van der Waals surface area contributed by atoms with E-state index in [9.17, 15) is 14.7 Å². The summed E-state index contributed by atoms with van der Waals surface area (Å²) in [5.41, 5.74) is 2.47. The number of carbonyl (C=O) groups excluding carboxylic acids is 1. The monoisotopic (exact) mass is 443 g/mol. The number of nitrogens with zero attached hydrogens (tertiary/aromatic N) is 1. The molecule has 4 rings (SSSR count). The number of hydrogen-bond donors (Lipinski definition) is 3. The molecule has 0 aromatic carbocycles. The number of rotatable bonds is 11. The molecule has 3 aliphatic heterocycles. The van der Waals surface area contributed by atoms with Gasteiger partial charge in [-0.25, -0.2) is 9.78 Å². The molecule has 0 saturated carbocycles. The van der Waals surface area contributed by atoms with Gasteiger partial charge < -0.3 is 20.5 Å². The molecule has 7 nitrogen and oxygen atoms in total. The largest absolute Gasteiger partial charge is 0.480 e. The Morgan fingerprint density at radius 3 is 2.66 bits per heavy atom. The Morgan fingerprint density at radius 1 is 1.12 bits per heavy atom. The SMILES string of the molecule is O=C(N[C@@H](CCCCCCCc1ccc2c(n1)NCCC2)C(=O)O)[C@@H]1C[C@H]2CC[C@@H](C1)O2. The van der Waals surface area contributed by atoms with E-state index in [0.29, 0.717) is 6.42 Å². The third-order valence-corrected chi connectivity index (χ3v) is 7.15. The van der Waals surface area contributed by atoms with Crippen LogP contribution in [0.15, 0.2) is 12.1 Å². The van der Waals surface area contributed by atoms with Gasteiger partial charge in [-0.3, -0.25) is 4.79 Å². The first-order chi connectivity index (χ1) is 15.6. The predicted molar refractivity (Wildman–Crippen MR) is 123 cm³/mol. The zero-order chi connectivity index (χ0) is 22.3. The molecule has 0 radical (unpaired) electrons. The van der Waals surface area contributed by atoms with Gasteiger partial charge in [0.25, 0.3) is 0 Å². The van der Waals surface area contributed by atoms with Crippen LogP contribution in [-0.2, 0) is 27.2 Å². The van der Waals surface area contributed by atoms with E-state index in [1.165, 1.54) is 12.0 Å². The molecule has 4 heterocycles. The van der Waals surface area contributed by atoms with Crippen LogP contribution in [0.25, 0.3) is 0 Å². The highest BCUT2D eigenvalue weighted by Gasteiger charge is 2.38. The number of carboxylic acids is 1. The lowest BCUT2D eigenvalue weighted by Crippen LogP contribution is -2.45. The quantitative estimate of drug-likeness (QED) is 0.449. The number of aromatic nitrogens is 1. The predicted octanol–water partition coefficient (Wildman–Crippen LogP) is 3.85. The number of amides is 1. The van der Waals surface area contributed by atoms with Crippen LogP contribution in [0.3, 0.4) is 0 Å². The molecule has 0 spiro atoms.